The Bertz CT molecular complexity index is 459. The molecule has 29 heavy (non-hydrogen) atoms. The first-order valence-electron chi connectivity index (χ1n) is 9.23. The van der Waals surface area contributed by atoms with Crippen LogP contribution in [0.5, 0.6) is 0 Å². The average molecular weight is 433 g/mol. The second kappa shape index (κ2) is 20.1. The standard InChI is InChI=1S/C10H18O4.C9H16O5.Mg.2H/c11-9(12)7-5-3-1-2-4-6-8-10(13)14;1-7(2)8(13)14-6-9(3-10,4-11)5-12;;;/h1-8H2,(H,11,12)(H,13,14);10-12H,1,3-6H2,2H3;;;/q;;+2;2*-1. The van der Waals surface area contributed by atoms with E-state index in [1.54, 1.807) is 0 Å². The summed E-state index contributed by atoms with van der Waals surface area (Å²) in [5.41, 5.74) is -0.946. The van der Waals surface area contributed by atoms with Crippen molar-refractivity contribution < 1.29 is 47.5 Å². The molecular formula is C19H36MgO9. The molecule has 0 heterocycles. The Balaban J connectivity index is -0.000000133. The number of ether oxygens (including phenoxy) is 1. The van der Waals surface area contributed by atoms with Crippen molar-refractivity contribution in [1.82, 2.24) is 0 Å². The van der Waals surface area contributed by atoms with Gasteiger partial charge in [-0.25, -0.2) is 4.79 Å². The fraction of sp³-hybridized carbons (Fsp3) is 0.737. The van der Waals surface area contributed by atoms with E-state index in [0.29, 0.717) is 0 Å². The Hall–Kier alpha value is -1.20. The number of carboxylic acids is 2. The molecule has 0 aliphatic carbocycles. The van der Waals surface area contributed by atoms with Crippen molar-refractivity contribution in [3.05, 3.63) is 12.2 Å². The van der Waals surface area contributed by atoms with E-state index >= 15 is 0 Å². The molecule has 0 bridgehead atoms. The SMILES string of the molecule is C=C(C)C(=O)OCC(CO)(CO)CO.O=C(O)CCCCCCCCC(=O)O.[H-].[H-].[Mg+2]. The Morgan fingerprint density at radius 2 is 1.17 bits per heavy atom. The predicted octanol–water partition coefficient (Wildman–Crippen LogP) is 1.19. The van der Waals surface area contributed by atoms with Crippen LogP contribution in [-0.2, 0) is 19.1 Å². The zero-order valence-electron chi connectivity index (χ0n) is 19.3. The van der Waals surface area contributed by atoms with Crippen molar-refractivity contribution in [3.8, 4) is 0 Å². The number of esters is 1. The molecule has 10 heteroatoms. The second-order valence-electron chi connectivity index (χ2n) is 6.74. The fourth-order valence-corrected chi connectivity index (χ4v) is 1.89. The molecule has 0 atom stereocenters. The number of unbranched alkanes of at least 4 members (excludes halogenated alkanes) is 5. The zero-order chi connectivity index (χ0) is 22.0. The molecule has 5 N–H and O–H groups in total. The van der Waals surface area contributed by atoms with Gasteiger partial charge in [0.25, 0.3) is 0 Å². The predicted molar refractivity (Wildman–Crippen MR) is 110 cm³/mol. The molecule has 0 aromatic heterocycles. The van der Waals surface area contributed by atoms with Gasteiger partial charge in [0.1, 0.15) is 6.61 Å². The maximum absolute atomic E-state index is 11.0. The van der Waals surface area contributed by atoms with Gasteiger partial charge in [-0.1, -0.05) is 32.3 Å². The molecule has 0 spiro atoms. The largest absolute Gasteiger partial charge is 2.00 e. The summed E-state index contributed by atoms with van der Waals surface area (Å²) in [5, 5.41) is 43.4. The van der Waals surface area contributed by atoms with Crippen LogP contribution in [0.25, 0.3) is 0 Å². The second-order valence-corrected chi connectivity index (χ2v) is 6.74. The maximum atomic E-state index is 11.0. The van der Waals surface area contributed by atoms with Gasteiger partial charge in [-0.15, -0.1) is 0 Å². The molecule has 0 aliphatic rings. The summed E-state index contributed by atoms with van der Waals surface area (Å²) in [6, 6.07) is 0. The third-order valence-electron chi connectivity index (χ3n) is 3.90. The number of hydrogen-bond acceptors (Lipinski definition) is 7. The molecule has 0 amide bonds. The number of hydrogen-bond donors (Lipinski definition) is 5. The topological polar surface area (TPSA) is 162 Å². The molecule has 168 valence electrons. The van der Waals surface area contributed by atoms with Crippen LogP contribution in [0.15, 0.2) is 12.2 Å². The first kappa shape index (κ1) is 32.5. The normalized spacial score (nSPS) is 10.2. The summed E-state index contributed by atoms with van der Waals surface area (Å²) in [7, 11) is 0. The molecule has 0 saturated heterocycles. The molecule has 9 nitrogen and oxygen atoms in total. The number of carboxylic acid groups (broad SMARTS) is 2. The van der Waals surface area contributed by atoms with E-state index < -0.39 is 43.1 Å². The van der Waals surface area contributed by atoms with Gasteiger partial charge in [0.05, 0.1) is 25.2 Å². The van der Waals surface area contributed by atoms with Gasteiger partial charge in [-0.3, -0.25) is 9.59 Å². The number of aliphatic hydroxyl groups excluding tert-OH is 3. The molecule has 0 aliphatic heterocycles. The minimum Gasteiger partial charge on any atom is -1.00 e. The summed E-state index contributed by atoms with van der Waals surface area (Å²) in [5.74, 6) is -2.09. The third kappa shape index (κ3) is 19.9. The molecule has 0 saturated carbocycles. The summed E-state index contributed by atoms with van der Waals surface area (Å²) in [6.45, 7) is 3.26. The molecule has 0 fully saturated rings. The van der Waals surface area contributed by atoms with Crippen LogP contribution in [0.2, 0.25) is 0 Å². The Kier molecular flexibility index (Phi) is 22.5. The van der Waals surface area contributed by atoms with Crippen LogP contribution in [0.4, 0.5) is 0 Å². The van der Waals surface area contributed by atoms with Gasteiger partial charge in [0, 0.05) is 18.4 Å². The summed E-state index contributed by atoms with van der Waals surface area (Å²) in [4.78, 5) is 31.3. The van der Waals surface area contributed by atoms with Gasteiger partial charge in [-0.05, 0) is 19.8 Å². The van der Waals surface area contributed by atoms with Crippen molar-refractivity contribution in [3.63, 3.8) is 0 Å². The quantitative estimate of drug-likeness (QED) is 0.111. The van der Waals surface area contributed by atoms with Crippen LogP contribution in [-0.4, -0.2) is 92.9 Å². The minimum absolute atomic E-state index is 0. The molecule has 0 rings (SSSR count). The molecule has 0 aromatic carbocycles. The van der Waals surface area contributed by atoms with Gasteiger partial charge in [0.15, 0.2) is 0 Å². The van der Waals surface area contributed by atoms with Crippen LogP contribution >= 0.6 is 0 Å². The van der Waals surface area contributed by atoms with E-state index in [1.807, 2.05) is 0 Å². The van der Waals surface area contributed by atoms with Crippen LogP contribution in [0.1, 0.15) is 61.1 Å². The molecule has 0 radical (unpaired) electrons. The van der Waals surface area contributed by atoms with Crippen molar-refractivity contribution in [2.24, 2.45) is 5.41 Å². The van der Waals surface area contributed by atoms with E-state index in [9.17, 15) is 14.4 Å². The van der Waals surface area contributed by atoms with E-state index in [-0.39, 0.29) is 50.9 Å². The number of rotatable bonds is 15. The number of carbonyl (C=O) groups excluding carboxylic acids is 1. The molecule has 0 unspecified atom stereocenters. The molecule has 0 aromatic rings. The maximum Gasteiger partial charge on any atom is 2.00 e. The average Bonchev–Trinajstić information content (AvgIpc) is 2.65. The first-order chi connectivity index (χ1) is 13.1. The van der Waals surface area contributed by atoms with Crippen molar-refractivity contribution in [1.29, 1.82) is 0 Å². The third-order valence-corrected chi connectivity index (χ3v) is 3.90. The van der Waals surface area contributed by atoms with Crippen molar-refractivity contribution in [2.45, 2.75) is 58.3 Å². The molecular weight excluding hydrogens is 397 g/mol. The van der Waals surface area contributed by atoms with Crippen molar-refractivity contribution in [2.75, 3.05) is 26.4 Å². The summed E-state index contributed by atoms with van der Waals surface area (Å²) < 4.78 is 4.72. The van der Waals surface area contributed by atoms with Crippen LogP contribution < -0.4 is 0 Å². The van der Waals surface area contributed by atoms with E-state index in [0.717, 1.165) is 38.5 Å². The van der Waals surface area contributed by atoms with Crippen LogP contribution in [0, 0.1) is 5.41 Å². The van der Waals surface area contributed by atoms with Gasteiger partial charge in [0.2, 0.25) is 0 Å². The van der Waals surface area contributed by atoms with E-state index in [2.05, 4.69) is 6.58 Å². The summed E-state index contributed by atoms with van der Waals surface area (Å²) >= 11 is 0. The Morgan fingerprint density at radius 1 is 0.828 bits per heavy atom. The van der Waals surface area contributed by atoms with E-state index in [4.69, 9.17) is 30.3 Å². The summed E-state index contributed by atoms with van der Waals surface area (Å²) in [6.07, 6.45) is 5.82. The number of aliphatic hydroxyl groups is 3. The zero-order valence-corrected chi connectivity index (χ0v) is 18.7. The Labute approximate surface area is 190 Å². The van der Waals surface area contributed by atoms with E-state index in [1.165, 1.54) is 6.92 Å². The van der Waals surface area contributed by atoms with Crippen molar-refractivity contribution >= 4 is 41.0 Å². The number of aliphatic carboxylic acids is 2. The Morgan fingerprint density at radius 3 is 1.45 bits per heavy atom. The van der Waals surface area contributed by atoms with Gasteiger partial charge in [-0.2, -0.15) is 0 Å². The van der Waals surface area contributed by atoms with Crippen LogP contribution in [0.3, 0.4) is 0 Å². The smallest absolute Gasteiger partial charge is 1.00 e. The monoisotopic (exact) mass is 432 g/mol. The number of carbonyl (C=O) groups is 3. The van der Waals surface area contributed by atoms with Gasteiger partial charge < -0.3 is 33.1 Å². The first-order valence-corrected chi connectivity index (χ1v) is 9.23. The fourth-order valence-electron chi connectivity index (χ4n) is 1.89. The van der Waals surface area contributed by atoms with Gasteiger partial charge >= 0.3 is 41.0 Å². The minimum atomic E-state index is -1.18.